The highest BCUT2D eigenvalue weighted by atomic mass is 16.5. The minimum Gasteiger partial charge on any atom is -0.497 e. The van der Waals surface area contributed by atoms with E-state index in [9.17, 15) is 9.59 Å². The van der Waals surface area contributed by atoms with Crippen molar-refractivity contribution < 1.29 is 24.5 Å². The third kappa shape index (κ3) is 4.14. The van der Waals surface area contributed by atoms with Crippen molar-refractivity contribution in [2.75, 3.05) is 19.4 Å². The molecule has 0 aromatic heterocycles. The van der Waals surface area contributed by atoms with Crippen molar-refractivity contribution in [3.05, 3.63) is 23.8 Å². The van der Waals surface area contributed by atoms with Crippen LogP contribution in [0.1, 0.15) is 16.8 Å². The van der Waals surface area contributed by atoms with Crippen molar-refractivity contribution in [2.45, 2.75) is 12.5 Å². The highest BCUT2D eigenvalue weighted by molar-refractivity contribution is 5.99. The van der Waals surface area contributed by atoms with Crippen LogP contribution in [0, 0.1) is 0 Å². The average molecular weight is 268 g/mol. The number of methoxy groups -OCH3 is 1. The van der Waals surface area contributed by atoms with Crippen LogP contribution in [0.25, 0.3) is 0 Å². The SMILES string of the molecule is COc1ccc(N)c(C(=O)NCCC(O)C(=O)O)c1. The lowest BCUT2D eigenvalue weighted by Gasteiger charge is -2.10. The first-order valence-corrected chi connectivity index (χ1v) is 5.58. The van der Waals surface area contributed by atoms with Crippen molar-refractivity contribution in [3.63, 3.8) is 0 Å². The lowest BCUT2D eigenvalue weighted by Crippen LogP contribution is -2.30. The summed E-state index contributed by atoms with van der Waals surface area (Å²) in [5.41, 5.74) is 6.19. The number of carboxylic acids is 1. The lowest BCUT2D eigenvalue weighted by atomic mass is 10.1. The van der Waals surface area contributed by atoms with Crippen molar-refractivity contribution >= 4 is 17.6 Å². The molecule has 5 N–H and O–H groups in total. The van der Waals surface area contributed by atoms with Crippen molar-refractivity contribution in [1.29, 1.82) is 0 Å². The van der Waals surface area contributed by atoms with E-state index in [1.165, 1.54) is 13.2 Å². The molecule has 0 fully saturated rings. The number of hydrogen-bond acceptors (Lipinski definition) is 5. The molecule has 104 valence electrons. The Bertz CT molecular complexity index is 475. The molecule has 1 amide bonds. The van der Waals surface area contributed by atoms with Gasteiger partial charge in [-0.2, -0.15) is 0 Å². The number of carbonyl (C=O) groups excluding carboxylic acids is 1. The fraction of sp³-hybridized carbons (Fsp3) is 0.333. The maximum Gasteiger partial charge on any atom is 0.332 e. The van der Waals surface area contributed by atoms with Gasteiger partial charge in [0.1, 0.15) is 5.75 Å². The maximum absolute atomic E-state index is 11.8. The Kier molecular flexibility index (Phi) is 5.13. The van der Waals surface area contributed by atoms with E-state index in [-0.39, 0.29) is 24.2 Å². The Labute approximate surface area is 110 Å². The Morgan fingerprint density at radius 3 is 2.74 bits per heavy atom. The normalized spacial score (nSPS) is 11.7. The molecule has 0 heterocycles. The molecular formula is C12H16N2O5. The second-order valence-corrected chi connectivity index (χ2v) is 3.85. The molecule has 0 radical (unpaired) electrons. The number of nitrogens with two attached hydrogens (primary N) is 1. The van der Waals surface area contributed by atoms with Gasteiger partial charge in [0.2, 0.25) is 0 Å². The van der Waals surface area contributed by atoms with Gasteiger partial charge in [-0.25, -0.2) is 4.79 Å². The summed E-state index contributed by atoms with van der Waals surface area (Å²) in [7, 11) is 1.47. The molecule has 1 aromatic rings. The number of nitrogens with one attached hydrogen (secondary N) is 1. The lowest BCUT2D eigenvalue weighted by molar-refractivity contribution is -0.146. The van der Waals surface area contributed by atoms with Gasteiger partial charge in [0.05, 0.1) is 12.7 Å². The third-order valence-electron chi connectivity index (χ3n) is 2.49. The molecule has 7 nitrogen and oxygen atoms in total. The van der Waals surface area contributed by atoms with Gasteiger partial charge in [0, 0.05) is 18.7 Å². The van der Waals surface area contributed by atoms with E-state index in [2.05, 4.69) is 5.32 Å². The molecule has 7 heteroatoms. The molecule has 1 unspecified atom stereocenters. The molecule has 0 saturated carbocycles. The molecule has 1 rings (SSSR count). The Morgan fingerprint density at radius 2 is 2.16 bits per heavy atom. The van der Waals surface area contributed by atoms with Gasteiger partial charge in [-0.05, 0) is 18.2 Å². The molecule has 0 aliphatic heterocycles. The largest absolute Gasteiger partial charge is 0.497 e. The van der Waals surface area contributed by atoms with Crippen LogP contribution in [0.5, 0.6) is 5.75 Å². The fourth-order valence-corrected chi connectivity index (χ4v) is 1.40. The number of amides is 1. The summed E-state index contributed by atoms with van der Waals surface area (Å²) in [5, 5.41) is 20.0. The molecule has 0 saturated heterocycles. The number of rotatable bonds is 6. The molecular weight excluding hydrogens is 252 g/mol. The van der Waals surface area contributed by atoms with Crippen LogP contribution in [-0.2, 0) is 4.79 Å². The number of anilines is 1. The summed E-state index contributed by atoms with van der Waals surface area (Å²) in [4.78, 5) is 22.2. The van der Waals surface area contributed by atoms with E-state index in [0.717, 1.165) is 0 Å². The topological polar surface area (TPSA) is 122 Å². The number of ether oxygens (including phenoxy) is 1. The summed E-state index contributed by atoms with van der Waals surface area (Å²) in [6.45, 7) is 0.0307. The molecule has 0 aliphatic carbocycles. The van der Waals surface area contributed by atoms with Gasteiger partial charge in [0.15, 0.2) is 6.10 Å². The van der Waals surface area contributed by atoms with Crippen LogP contribution in [0.3, 0.4) is 0 Å². The zero-order valence-corrected chi connectivity index (χ0v) is 10.4. The highest BCUT2D eigenvalue weighted by Crippen LogP contribution is 2.19. The monoisotopic (exact) mass is 268 g/mol. The Hall–Kier alpha value is -2.28. The number of carbonyl (C=O) groups is 2. The molecule has 0 bridgehead atoms. The van der Waals surface area contributed by atoms with Gasteiger partial charge in [0.25, 0.3) is 5.91 Å². The second-order valence-electron chi connectivity index (χ2n) is 3.85. The van der Waals surface area contributed by atoms with Crippen LogP contribution >= 0.6 is 0 Å². The van der Waals surface area contributed by atoms with Crippen molar-refractivity contribution in [1.82, 2.24) is 5.32 Å². The minimum absolute atomic E-state index is 0.0307. The zero-order valence-electron chi connectivity index (χ0n) is 10.4. The predicted molar refractivity (Wildman–Crippen MR) is 68.0 cm³/mol. The van der Waals surface area contributed by atoms with Crippen LogP contribution in [0.15, 0.2) is 18.2 Å². The van der Waals surface area contributed by atoms with Gasteiger partial charge in [-0.15, -0.1) is 0 Å². The van der Waals surface area contributed by atoms with Gasteiger partial charge in [-0.3, -0.25) is 4.79 Å². The average Bonchev–Trinajstić information content (AvgIpc) is 2.38. The molecule has 1 aromatic carbocycles. The molecule has 0 spiro atoms. The van der Waals surface area contributed by atoms with Crippen molar-refractivity contribution in [3.8, 4) is 5.75 Å². The van der Waals surface area contributed by atoms with E-state index in [0.29, 0.717) is 5.75 Å². The summed E-state index contributed by atoms with van der Waals surface area (Å²) in [6.07, 6.45) is -1.58. The maximum atomic E-state index is 11.8. The van der Waals surface area contributed by atoms with Crippen LogP contribution in [0.2, 0.25) is 0 Å². The molecule has 19 heavy (non-hydrogen) atoms. The number of aliphatic hydroxyl groups excluding tert-OH is 1. The van der Waals surface area contributed by atoms with E-state index >= 15 is 0 Å². The summed E-state index contributed by atoms with van der Waals surface area (Å²) < 4.78 is 4.98. The number of benzene rings is 1. The number of nitrogen functional groups attached to an aromatic ring is 1. The summed E-state index contributed by atoms with van der Waals surface area (Å²) >= 11 is 0. The van der Waals surface area contributed by atoms with Crippen LogP contribution in [0.4, 0.5) is 5.69 Å². The molecule has 1 atom stereocenters. The third-order valence-corrected chi connectivity index (χ3v) is 2.49. The van der Waals surface area contributed by atoms with E-state index in [1.54, 1.807) is 12.1 Å². The molecule has 0 aliphatic rings. The first-order valence-electron chi connectivity index (χ1n) is 5.58. The zero-order chi connectivity index (χ0) is 14.4. The van der Waals surface area contributed by atoms with Crippen LogP contribution < -0.4 is 15.8 Å². The first kappa shape index (κ1) is 14.8. The fourth-order valence-electron chi connectivity index (χ4n) is 1.40. The second kappa shape index (κ2) is 6.60. The summed E-state index contributed by atoms with van der Waals surface area (Å²) in [6, 6.07) is 4.65. The van der Waals surface area contributed by atoms with Crippen LogP contribution in [-0.4, -0.2) is 41.8 Å². The number of carboxylic acid groups (broad SMARTS) is 1. The van der Waals surface area contributed by atoms with Crippen molar-refractivity contribution in [2.24, 2.45) is 0 Å². The number of aliphatic hydroxyl groups is 1. The standard InChI is InChI=1S/C12H16N2O5/c1-19-7-2-3-9(13)8(6-7)11(16)14-5-4-10(15)12(17)18/h2-3,6,10,15H,4-5,13H2,1H3,(H,14,16)(H,17,18). The van der Waals surface area contributed by atoms with Gasteiger partial charge < -0.3 is 26.0 Å². The van der Waals surface area contributed by atoms with E-state index < -0.39 is 18.0 Å². The van der Waals surface area contributed by atoms with E-state index in [1.807, 2.05) is 0 Å². The minimum atomic E-state index is -1.50. The van der Waals surface area contributed by atoms with Gasteiger partial charge in [-0.1, -0.05) is 0 Å². The Balaban J connectivity index is 2.61. The number of aliphatic carboxylic acids is 1. The smallest absolute Gasteiger partial charge is 0.332 e. The Morgan fingerprint density at radius 1 is 1.47 bits per heavy atom. The first-order chi connectivity index (χ1) is 8.95. The van der Waals surface area contributed by atoms with Gasteiger partial charge >= 0.3 is 5.97 Å². The van der Waals surface area contributed by atoms with E-state index in [4.69, 9.17) is 20.7 Å². The summed E-state index contributed by atoms with van der Waals surface area (Å²) in [5.74, 6) is -1.28. The quantitative estimate of drug-likeness (QED) is 0.532. The highest BCUT2D eigenvalue weighted by Gasteiger charge is 2.14. The predicted octanol–water partition coefficient (Wildman–Crippen LogP) is -0.157. The number of hydrogen-bond donors (Lipinski definition) is 4.